The van der Waals surface area contributed by atoms with E-state index >= 15 is 0 Å². The van der Waals surface area contributed by atoms with Crippen LogP contribution in [0.2, 0.25) is 0 Å². The van der Waals surface area contributed by atoms with Crippen LogP contribution in [-0.4, -0.2) is 35.2 Å². The van der Waals surface area contributed by atoms with E-state index in [0.29, 0.717) is 6.61 Å². The Morgan fingerprint density at radius 2 is 1.84 bits per heavy atom. The molecule has 2 aromatic carbocycles. The number of nitrogens with zero attached hydrogens (tertiary/aromatic N) is 1. The lowest BCUT2D eigenvalue weighted by Crippen LogP contribution is -2.58. The van der Waals surface area contributed by atoms with Crippen molar-refractivity contribution in [2.75, 3.05) is 13.7 Å². The maximum atomic E-state index is 11.0. The normalized spacial score (nSPS) is 23.4. The molecule has 0 bridgehead atoms. The Morgan fingerprint density at radius 1 is 1.19 bits per heavy atom. The van der Waals surface area contributed by atoms with Crippen LogP contribution in [-0.2, 0) is 15.6 Å². The van der Waals surface area contributed by atoms with E-state index in [0.717, 1.165) is 19.3 Å². The maximum absolute atomic E-state index is 11.0. The van der Waals surface area contributed by atoms with Crippen LogP contribution in [0.15, 0.2) is 54.9 Å². The molecule has 0 amide bonds. The second kappa shape index (κ2) is 8.86. The molecule has 3 rings (SSSR count). The highest BCUT2D eigenvalue weighted by Crippen LogP contribution is 2.51. The van der Waals surface area contributed by atoms with Crippen LogP contribution in [0.3, 0.4) is 0 Å². The highest BCUT2D eigenvalue weighted by molar-refractivity contribution is 5.98. The first-order valence-electron chi connectivity index (χ1n) is 11.8. The molecule has 2 aromatic rings. The molecule has 1 heterocycles. The molecule has 1 N–H and O–H groups in total. The Bertz CT molecular complexity index is 1070. The number of rotatable bonds is 7. The van der Waals surface area contributed by atoms with E-state index in [1.165, 1.54) is 27.5 Å². The van der Waals surface area contributed by atoms with Crippen LogP contribution in [0.1, 0.15) is 77.5 Å². The van der Waals surface area contributed by atoms with Crippen LogP contribution in [0.4, 0.5) is 0 Å². The van der Waals surface area contributed by atoms with E-state index in [4.69, 9.17) is 4.74 Å². The molecule has 0 saturated heterocycles. The highest BCUT2D eigenvalue weighted by atomic mass is 16.5. The third-order valence-electron chi connectivity index (χ3n) is 7.39. The fraction of sp³-hybridized carbons (Fsp3) is 0.483. The van der Waals surface area contributed by atoms with E-state index < -0.39 is 11.0 Å². The summed E-state index contributed by atoms with van der Waals surface area (Å²) in [7, 11) is 1.74. The van der Waals surface area contributed by atoms with Gasteiger partial charge < -0.3 is 9.84 Å². The van der Waals surface area contributed by atoms with Crippen LogP contribution in [0.25, 0.3) is 10.8 Å². The van der Waals surface area contributed by atoms with Gasteiger partial charge in [0.2, 0.25) is 5.54 Å². The first kappa shape index (κ1) is 24.3. The molecule has 0 fully saturated rings. The molecule has 3 heteroatoms. The number of benzene rings is 2. The molecular formula is C29H40NO2+. The summed E-state index contributed by atoms with van der Waals surface area (Å²) in [6, 6.07) is 11.0. The molecule has 0 radical (unpaired) electrons. The number of hydrogen-bond acceptors (Lipinski definition) is 2. The number of methoxy groups -OCH3 is 1. The van der Waals surface area contributed by atoms with Gasteiger partial charge in [-0.15, -0.1) is 0 Å². The average molecular weight is 435 g/mol. The minimum atomic E-state index is -0.713. The molecule has 0 spiro atoms. The Morgan fingerprint density at radius 3 is 2.41 bits per heavy atom. The summed E-state index contributed by atoms with van der Waals surface area (Å²) in [5.41, 5.74) is 2.67. The van der Waals surface area contributed by atoms with Crippen LogP contribution in [0.5, 0.6) is 0 Å². The van der Waals surface area contributed by atoms with Gasteiger partial charge in [-0.2, -0.15) is 4.58 Å². The fourth-order valence-corrected chi connectivity index (χ4v) is 5.23. The smallest absolute Gasteiger partial charge is 0.229 e. The number of hydrogen-bond donors (Lipinski definition) is 1. The molecule has 3 nitrogen and oxygen atoms in total. The van der Waals surface area contributed by atoms with Crippen LogP contribution >= 0.6 is 0 Å². The largest absolute Gasteiger partial charge is 0.506 e. The second-order valence-electron chi connectivity index (χ2n) is 10.5. The van der Waals surface area contributed by atoms with Crippen molar-refractivity contribution in [2.24, 2.45) is 0 Å². The Hall–Kier alpha value is -2.39. The summed E-state index contributed by atoms with van der Waals surface area (Å²) in [4.78, 5) is 0. The number of fused-ring (bicyclic) bond motifs is 3. The van der Waals surface area contributed by atoms with E-state index in [-0.39, 0.29) is 11.2 Å². The van der Waals surface area contributed by atoms with Gasteiger partial charge in [-0.05, 0) is 59.2 Å². The molecule has 1 aliphatic heterocycles. The molecule has 1 aliphatic rings. The van der Waals surface area contributed by atoms with Crippen molar-refractivity contribution in [1.82, 2.24) is 0 Å². The molecule has 2 atom stereocenters. The Kier molecular flexibility index (Phi) is 6.72. The summed E-state index contributed by atoms with van der Waals surface area (Å²) in [5.74, 6) is 0.170. The molecular weight excluding hydrogens is 394 g/mol. The summed E-state index contributed by atoms with van der Waals surface area (Å²) >= 11 is 0. The van der Waals surface area contributed by atoms with Crippen molar-refractivity contribution < 1.29 is 14.4 Å². The monoisotopic (exact) mass is 434 g/mol. The zero-order chi connectivity index (χ0) is 23.7. The van der Waals surface area contributed by atoms with Gasteiger partial charge in [0, 0.05) is 26.2 Å². The number of aliphatic hydroxyl groups excluding tert-OH is 1. The van der Waals surface area contributed by atoms with Crippen molar-refractivity contribution in [1.29, 1.82) is 0 Å². The van der Waals surface area contributed by atoms with Crippen molar-refractivity contribution in [3.8, 4) is 0 Å². The third-order valence-corrected chi connectivity index (χ3v) is 7.39. The fourth-order valence-electron chi connectivity index (χ4n) is 5.23. The third kappa shape index (κ3) is 3.81. The van der Waals surface area contributed by atoms with Gasteiger partial charge in [0.15, 0.2) is 18.2 Å². The minimum Gasteiger partial charge on any atom is -0.506 e. The van der Waals surface area contributed by atoms with Gasteiger partial charge in [0.05, 0.1) is 5.41 Å². The molecule has 32 heavy (non-hydrogen) atoms. The lowest BCUT2D eigenvalue weighted by molar-refractivity contribution is -0.550. The van der Waals surface area contributed by atoms with E-state index in [9.17, 15) is 5.11 Å². The number of ether oxygens (including phenoxy) is 1. The van der Waals surface area contributed by atoms with Crippen LogP contribution in [0, 0.1) is 0 Å². The van der Waals surface area contributed by atoms with E-state index in [1.54, 1.807) is 7.11 Å². The molecule has 0 aromatic heterocycles. The van der Waals surface area contributed by atoms with Gasteiger partial charge in [0.1, 0.15) is 0 Å². The predicted molar refractivity (Wildman–Crippen MR) is 136 cm³/mol. The van der Waals surface area contributed by atoms with Gasteiger partial charge >= 0.3 is 0 Å². The van der Waals surface area contributed by atoms with E-state index in [1.807, 2.05) is 0 Å². The number of unbranched alkanes of at least 4 members (excludes halogenated alkanes) is 1. The average Bonchev–Trinajstić information content (AvgIpc) is 2.74. The minimum absolute atomic E-state index is 0.00953. The van der Waals surface area contributed by atoms with Gasteiger partial charge in [-0.25, -0.2) is 0 Å². The lowest BCUT2D eigenvalue weighted by atomic mass is 9.60. The van der Waals surface area contributed by atoms with Crippen molar-refractivity contribution in [3.05, 3.63) is 71.6 Å². The van der Waals surface area contributed by atoms with Gasteiger partial charge in [0.25, 0.3) is 0 Å². The standard InChI is InChI=1S/C29H39NO2/c1-9-10-13-17-30-20-22-19-25(27(3,4)5)23-14-11-12-15-24(23)26(22)28(6,16-18-32-8)29(30,7)21(2)31/h11-15,17,19-20H,2,9-10,16,18H2,1,3-8H3/p+1/b17-13-. The first-order chi connectivity index (χ1) is 15.0. The SMILES string of the molecule is C=C(O)C1(C)[N+](/C=C\CCC)=Cc2cc(C(C)(C)C)c3ccccc3c2C1(C)CCOC. The highest BCUT2D eigenvalue weighted by Gasteiger charge is 2.59. The maximum Gasteiger partial charge on any atom is 0.229 e. The number of aliphatic hydroxyl groups is 1. The molecule has 0 aliphatic carbocycles. The zero-order valence-corrected chi connectivity index (χ0v) is 21.0. The van der Waals surface area contributed by atoms with Crippen molar-refractivity contribution in [2.45, 2.75) is 77.2 Å². The molecule has 0 saturated carbocycles. The van der Waals surface area contributed by atoms with Crippen molar-refractivity contribution in [3.63, 3.8) is 0 Å². The summed E-state index contributed by atoms with van der Waals surface area (Å²) < 4.78 is 7.73. The number of allylic oxidation sites excluding steroid dienone is 1. The quantitative estimate of drug-likeness (QED) is 0.375. The Labute approximate surface area is 194 Å². The Balaban J connectivity index is 2.48. The topological polar surface area (TPSA) is 32.5 Å². The second-order valence-corrected chi connectivity index (χ2v) is 10.5. The first-order valence-corrected chi connectivity index (χ1v) is 11.8. The summed E-state index contributed by atoms with van der Waals surface area (Å²) in [6.45, 7) is 18.0. The predicted octanol–water partition coefficient (Wildman–Crippen LogP) is 7.02. The van der Waals surface area contributed by atoms with E-state index in [2.05, 4.69) is 102 Å². The van der Waals surface area contributed by atoms with Crippen molar-refractivity contribution >= 4 is 17.0 Å². The van der Waals surface area contributed by atoms with Gasteiger partial charge in [-0.1, -0.05) is 65.0 Å². The van der Waals surface area contributed by atoms with Gasteiger partial charge in [-0.3, -0.25) is 0 Å². The zero-order valence-electron chi connectivity index (χ0n) is 21.0. The molecule has 2 unspecified atom stereocenters. The molecule has 172 valence electrons. The summed E-state index contributed by atoms with van der Waals surface area (Å²) in [6.07, 6.45) is 9.33. The van der Waals surface area contributed by atoms with Crippen LogP contribution < -0.4 is 0 Å². The summed E-state index contributed by atoms with van der Waals surface area (Å²) in [5, 5.41) is 13.6. The lowest BCUT2D eigenvalue weighted by Gasteiger charge is -2.46.